The molecule has 0 unspecified atom stereocenters. The average molecular weight is 480 g/mol. The number of amides is 1. The molecule has 5 rings (SSSR count). The molecule has 0 saturated carbocycles. The summed E-state index contributed by atoms with van der Waals surface area (Å²) >= 11 is 0. The first-order valence-electron chi connectivity index (χ1n) is 12.0. The molecule has 8 nitrogen and oxygen atoms in total. The molecule has 0 radical (unpaired) electrons. The molecule has 4 aromatic rings. The number of hydrogen-bond acceptors (Lipinski definition) is 7. The highest BCUT2D eigenvalue weighted by molar-refractivity contribution is 5.99. The minimum Gasteiger partial charge on any atom is -0.369 e. The molecule has 0 aliphatic carbocycles. The second-order valence-corrected chi connectivity index (χ2v) is 8.77. The molecule has 36 heavy (non-hydrogen) atoms. The maximum absolute atomic E-state index is 11.7. The highest BCUT2D eigenvalue weighted by atomic mass is 16.1. The highest BCUT2D eigenvalue weighted by Crippen LogP contribution is 2.28. The van der Waals surface area contributed by atoms with E-state index < -0.39 is 0 Å². The van der Waals surface area contributed by atoms with Crippen molar-refractivity contribution < 1.29 is 4.79 Å². The minimum absolute atomic E-state index is 0.259. The van der Waals surface area contributed by atoms with E-state index in [1.54, 1.807) is 0 Å². The van der Waals surface area contributed by atoms with Gasteiger partial charge in [0.1, 0.15) is 5.82 Å². The smallest absolute Gasteiger partial charge is 0.247 e. The van der Waals surface area contributed by atoms with Crippen LogP contribution in [0.4, 0.5) is 34.5 Å². The fraction of sp³-hybridized carbons (Fsp3) is 0.179. The number of anilines is 6. The molecule has 3 aromatic carbocycles. The first-order chi connectivity index (χ1) is 17.6. The predicted octanol–water partition coefficient (Wildman–Crippen LogP) is 4.99. The molecule has 0 spiro atoms. The van der Waals surface area contributed by atoms with Crippen LogP contribution >= 0.6 is 0 Å². The summed E-state index contributed by atoms with van der Waals surface area (Å²) in [6.07, 6.45) is 1.24. The zero-order valence-electron chi connectivity index (χ0n) is 20.2. The number of rotatable bonds is 7. The first-order valence-corrected chi connectivity index (χ1v) is 12.0. The fourth-order valence-electron chi connectivity index (χ4n) is 4.18. The average Bonchev–Trinajstić information content (AvgIpc) is 2.90. The van der Waals surface area contributed by atoms with E-state index in [4.69, 9.17) is 9.97 Å². The summed E-state index contributed by atoms with van der Waals surface area (Å²) in [6, 6.07) is 23.7. The molecule has 0 bridgehead atoms. The number of piperazine rings is 1. The number of carbonyl (C=O) groups is 1. The van der Waals surface area contributed by atoms with Crippen LogP contribution in [0, 0.1) is 0 Å². The lowest BCUT2D eigenvalue weighted by atomic mass is 10.2. The van der Waals surface area contributed by atoms with E-state index in [0.29, 0.717) is 17.5 Å². The van der Waals surface area contributed by atoms with Crippen molar-refractivity contribution in [1.29, 1.82) is 0 Å². The number of likely N-dealkylation sites (N-methyl/N-ethyl adjacent to an activating group) is 1. The summed E-state index contributed by atoms with van der Waals surface area (Å²) in [5, 5.41) is 10.4. The standard InChI is InChI=1S/C28H29N7O/c1-3-26(36)29-21-7-6-8-22(19-21)30-27-24-9-4-5-10-25(24)32-28(33-27)31-20-11-13-23(14-12-20)35-17-15-34(2)16-18-35/h3-14,19H,1,15-18H2,2H3,(H,29,36)(H2,30,31,32,33). The molecular formula is C28H29N7O. The monoisotopic (exact) mass is 479 g/mol. The van der Waals surface area contributed by atoms with Crippen molar-refractivity contribution in [2.45, 2.75) is 0 Å². The maximum Gasteiger partial charge on any atom is 0.247 e. The van der Waals surface area contributed by atoms with E-state index in [0.717, 1.165) is 48.5 Å². The van der Waals surface area contributed by atoms with Crippen LogP contribution in [0.5, 0.6) is 0 Å². The zero-order valence-corrected chi connectivity index (χ0v) is 20.2. The Balaban J connectivity index is 1.37. The molecule has 1 aliphatic heterocycles. The molecule has 1 aromatic heterocycles. The molecule has 8 heteroatoms. The van der Waals surface area contributed by atoms with Gasteiger partial charge in [-0.1, -0.05) is 24.8 Å². The summed E-state index contributed by atoms with van der Waals surface area (Å²) in [7, 11) is 2.16. The lowest BCUT2D eigenvalue weighted by Crippen LogP contribution is -2.44. The zero-order chi connectivity index (χ0) is 24.9. The maximum atomic E-state index is 11.7. The van der Waals surface area contributed by atoms with Crippen molar-refractivity contribution in [2.24, 2.45) is 0 Å². The van der Waals surface area contributed by atoms with E-state index in [-0.39, 0.29) is 5.91 Å². The molecule has 1 fully saturated rings. The van der Waals surface area contributed by atoms with Gasteiger partial charge >= 0.3 is 0 Å². The van der Waals surface area contributed by atoms with Crippen LogP contribution in [0.2, 0.25) is 0 Å². The van der Waals surface area contributed by atoms with Crippen molar-refractivity contribution in [3.63, 3.8) is 0 Å². The van der Waals surface area contributed by atoms with Crippen LogP contribution in [0.15, 0.2) is 85.5 Å². The quantitative estimate of drug-likeness (QED) is 0.322. The van der Waals surface area contributed by atoms with Gasteiger partial charge in [-0.3, -0.25) is 4.79 Å². The van der Waals surface area contributed by atoms with E-state index in [2.05, 4.69) is 63.6 Å². The second-order valence-electron chi connectivity index (χ2n) is 8.77. The van der Waals surface area contributed by atoms with Gasteiger partial charge in [0.25, 0.3) is 0 Å². The lowest BCUT2D eigenvalue weighted by Gasteiger charge is -2.34. The van der Waals surface area contributed by atoms with Crippen LogP contribution in [-0.4, -0.2) is 54.0 Å². The van der Waals surface area contributed by atoms with E-state index in [1.807, 2.05) is 48.5 Å². The molecule has 182 valence electrons. The summed E-state index contributed by atoms with van der Waals surface area (Å²) in [5.74, 6) is 0.911. The number of fused-ring (bicyclic) bond motifs is 1. The third kappa shape index (κ3) is 5.45. The number of nitrogens with one attached hydrogen (secondary N) is 3. The molecule has 3 N–H and O–H groups in total. The van der Waals surface area contributed by atoms with Crippen molar-refractivity contribution in [3.8, 4) is 0 Å². The van der Waals surface area contributed by atoms with Gasteiger partial charge in [0.05, 0.1) is 5.52 Å². The van der Waals surface area contributed by atoms with Crippen molar-refractivity contribution in [3.05, 3.63) is 85.5 Å². The first kappa shape index (κ1) is 23.3. The Morgan fingerprint density at radius 1 is 0.861 bits per heavy atom. The van der Waals surface area contributed by atoms with Gasteiger partial charge in [0, 0.05) is 54.3 Å². The van der Waals surface area contributed by atoms with Crippen LogP contribution in [0.25, 0.3) is 10.9 Å². The van der Waals surface area contributed by atoms with E-state index in [9.17, 15) is 4.79 Å². The van der Waals surface area contributed by atoms with E-state index >= 15 is 0 Å². The largest absolute Gasteiger partial charge is 0.369 e. The van der Waals surface area contributed by atoms with Gasteiger partial charge < -0.3 is 25.8 Å². The van der Waals surface area contributed by atoms with Gasteiger partial charge in [-0.2, -0.15) is 4.98 Å². The van der Waals surface area contributed by atoms with Crippen molar-refractivity contribution in [2.75, 3.05) is 54.1 Å². The predicted molar refractivity (Wildman–Crippen MR) is 148 cm³/mol. The van der Waals surface area contributed by atoms with Crippen molar-refractivity contribution in [1.82, 2.24) is 14.9 Å². The third-order valence-electron chi connectivity index (χ3n) is 6.17. The van der Waals surface area contributed by atoms with E-state index in [1.165, 1.54) is 11.8 Å². The second kappa shape index (κ2) is 10.5. The molecule has 0 atom stereocenters. The van der Waals surface area contributed by atoms with Gasteiger partial charge in [-0.05, 0) is 67.7 Å². The number of carbonyl (C=O) groups excluding carboxylic acids is 1. The Morgan fingerprint density at radius 2 is 1.61 bits per heavy atom. The van der Waals surface area contributed by atoms with Gasteiger partial charge in [0.15, 0.2) is 0 Å². The van der Waals surface area contributed by atoms with Crippen LogP contribution in [0.3, 0.4) is 0 Å². The number of benzene rings is 3. The number of hydrogen-bond donors (Lipinski definition) is 3. The lowest BCUT2D eigenvalue weighted by molar-refractivity contribution is -0.111. The number of nitrogens with zero attached hydrogens (tertiary/aromatic N) is 4. The summed E-state index contributed by atoms with van der Waals surface area (Å²) in [4.78, 5) is 25.9. The van der Waals surface area contributed by atoms with Crippen molar-refractivity contribution >= 4 is 51.3 Å². The minimum atomic E-state index is -0.259. The Bertz CT molecular complexity index is 1380. The molecular weight excluding hydrogens is 450 g/mol. The fourth-order valence-corrected chi connectivity index (χ4v) is 4.18. The normalized spacial score (nSPS) is 13.9. The molecule has 1 saturated heterocycles. The van der Waals surface area contributed by atoms with Gasteiger partial charge in [-0.25, -0.2) is 4.98 Å². The SMILES string of the molecule is C=CC(=O)Nc1cccc(Nc2nc(Nc3ccc(N4CCN(C)CC4)cc3)nc3ccccc23)c1. The van der Waals surface area contributed by atoms with Crippen LogP contribution in [0.1, 0.15) is 0 Å². The summed E-state index contributed by atoms with van der Waals surface area (Å²) in [6.45, 7) is 7.71. The number of para-hydroxylation sites is 1. The number of aromatic nitrogens is 2. The highest BCUT2D eigenvalue weighted by Gasteiger charge is 2.14. The van der Waals surface area contributed by atoms with Gasteiger partial charge in [0.2, 0.25) is 11.9 Å². The van der Waals surface area contributed by atoms with Crippen LogP contribution in [-0.2, 0) is 4.79 Å². The topological polar surface area (TPSA) is 85.4 Å². The third-order valence-corrected chi connectivity index (χ3v) is 6.17. The molecule has 2 heterocycles. The molecule has 1 aliphatic rings. The summed E-state index contributed by atoms with van der Waals surface area (Å²) < 4.78 is 0. The summed E-state index contributed by atoms with van der Waals surface area (Å²) in [5.41, 5.74) is 4.43. The molecule has 1 amide bonds. The Labute approximate surface area is 210 Å². The Hall–Kier alpha value is -4.43. The Morgan fingerprint density at radius 3 is 2.39 bits per heavy atom. The van der Waals surface area contributed by atoms with Crippen LogP contribution < -0.4 is 20.9 Å². The van der Waals surface area contributed by atoms with Gasteiger partial charge in [-0.15, -0.1) is 0 Å². The Kier molecular flexibility index (Phi) is 6.77.